The van der Waals surface area contributed by atoms with E-state index in [9.17, 15) is 0 Å². The van der Waals surface area contributed by atoms with E-state index in [0.717, 1.165) is 22.8 Å². The standard InChI is InChI=1S/C19H19ClN2O2S/c1-13-7-8-17(16(20)11-13)21-19(25)22(12-15-5-3-9-23-15)14(2)18-6-4-10-24-18/h3-11,14H,12H2,1-2H3,(H,21,25)/t14-/m1/s1. The van der Waals surface area contributed by atoms with Crippen molar-refractivity contribution in [1.29, 1.82) is 0 Å². The lowest BCUT2D eigenvalue weighted by Gasteiger charge is -2.30. The Hall–Kier alpha value is -2.24. The Bertz CT molecular complexity index is 831. The first-order valence-corrected chi connectivity index (χ1v) is 8.73. The minimum atomic E-state index is -0.0654. The zero-order valence-electron chi connectivity index (χ0n) is 14.0. The van der Waals surface area contributed by atoms with Crippen LogP contribution in [0, 0.1) is 6.92 Å². The number of benzene rings is 1. The van der Waals surface area contributed by atoms with Crippen molar-refractivity contribution in [3.63, 3.8) is 0 Å². The van der Waals surface area contributed by atoms with Crippen molar-refractivity contribution in [2.75, 3.05) is 5.32 Å². The summed E-state index contributed by atoms with van der Waals surface area (Å²) in [5, 5.41) is 4.41. The summed E-state index contributed by atoms with van der Waals surface area (Å²) in [7, 11) is 0. The van der Waals surface area contributed by atoms with Crippen molar-refractivity contribution in [3.8, 4) is 0 Å². The summed E-state index contributed by atoms with van der Waals surface area (Å²) in [5.74, 6) is 1.64. The van der Waals surface area contributed by atoms with Gasteiger partial charge in [-0.15, -0.1) is 0 Å². The maximum absolute atomic E-state index is 6.32. The molecule has 0 amide bonds. The van der Waals surface area contributed by atoms with Gasteiger partial charge in [-0.25, -0.2) is 0 Å². The van der Waals surface area contributed by atoms with Gasteiger partial charge in [0.1, 0.15) is 11.5 Å². The summed E-state index contributed by atoms with van der Waals surface area (Å²) in [4.78, 5) is 2.00. The summed E-state index contributed by atoms with van der Waals surface area (Å²) >= 11 is 12.0. The van der Waals surface area contributed by atoms with E-state index in [1.807, 2.05) is 61.2 Å². The fourth-order valence-corrected chi connectivity index (χ4v) is 3.16. The first kappa shape index (κ1) is 17.6. The van der Waals surface area contributed by atoms with E-state index in [2.05, 4.69) is 5.32 Å². The number of rotatable bonds is 5. The molecule has 0 aliphatic rings. The third-order valence-electron chi connectivity index (χ3n) is 3.96. The summed E-state index contributed by atoms with van der Waals surface area (Å²) in [5.41, 5.74) is 1.87. The normalized spacial score (nSPS) is 12.0. The van der Waals surface area contributed by atoms with Crippen LogP contribution in [0.15, 0.2) is 63.8 Å². The van der Waals surface area contributed by atoms with Crippen LogP contribution in [0.3, 0.4) is 0 Å². The minimum absolute atomic E-state index is 0.0654. The molecule has 2 heterocycles. The Morgan fingerprint density at radius 1 is 1.20 bits per heavy atom. The Labute approximate surface area is 157 Å². The molecule has 25 heavy (non-hydrogen) atoms. The first-order chi connectivity index (χ1) is 12.0. The number of hydrogen-bond donors (Lipinski definition) is 1. The van der Waals surface area contributed by atoms with E-state index in [1.165, 1.54) is 0 Å². The predicted molar refractivity (Wildman–Crippen MR) is 104 cm³/mol. The second kappa shape index (κ2) is 7.76. The van der Waals surface area contributed by atoms with E-state index < -0.39 is 0 Å². The van der Waals surface area contributed by atoms with Gasteiger partial charge in [-0.2, -0.15) is 0 Å². The molecule has 0 spiro atoms. The highest BCUT2D eigenvalue weighted by atomic mass is 35.5. The second-order valence-electron chi connectivity index (χ2n) is 5.81. The van der Waals surface area contributed by atoms with Crippen LogP contribution in [0.2, 0.25) is 5.02 Å². The third kappa shape index (κ3) is 4.24. The van der Waals surface area contributed by atoms with Gasteiger partial charge in [0.15, 0.2) is 5.11 Å². The zero-order chi connectivity index (χ0) is 17.8. The lowest BCUT2D eigenvalue weighted by atomic mass is 10.2. The van der Waals surface area contributed by atoms with Gasteiger partial charge in [-0.1, -0.05) is 17.7 Å². The predicted octanol–water partition coefficient (Wildman–Crippen LogP) is 5.79. The van der Waals surface area contributed by atoms with Gasteiger partial charge < -0.3 is 19.1 Å². The van der Waals surface area contributed by atoms with Crippen molar-refractivity contribution in [1.82, 2.24) is 4.90 Å². The molecule has 2 aromatic heterocycles. The summed E-state index contributed by atoms with van der Waals surface area (Å²) in [6, 6.07) is 13.3. The van der Waals surface area contributed by atoms with Gasteiger partial charge in [0.05, 0.1) is 35.8 Å². The van der Waals surface area contributed by atoms with Crippen LogP contribution in [0.25, 0.3) is 0 Å². The molecular weight excluding hydrogens is 356 g/mol. The van der Waals surface area contributed by atoms with E-state index >= 15 is 0 Å². The molecule has 0 unspecified atom stereocenters. The molecule has 0 fully saturated rings. The minimum Gasteiger partial charge on any atom is -0.467 e. The number of hydrogen-bond acceptors (Lipinski definition) is 3. The van der Waals surface area contributed by atoms with Gasteiger partial charge in [-0.3, -0.25) is 0 Å². The summed E-state index contributed by atoms with van der Waals surface area (Å²) < 4.78 is 11.0. The van der Waals surface area contributed by atoms with Crippen molar-refractivity contribution in [2.24, 2.45) is 0 Å². The highest BCUT2D eigenvalue weighted by Crippen LogP contribution is 2.27. The number of anilines is 1. The van der Waals surface area contributed by atoms with Gasteiger partial charge in [-0.05, 0) is 68.0 Å². The molecule has 3 rings (SSSR count). The molecule has 1 atom stereocenters. The highest BCUT2D eigenvalue weighted by molar-refractivity contribution is 7.80. The van der Waals surface area contributed by atoms with Crippen LogP contribution in [0.4, 0.5) is 5.69 Å². The van der Waals surface area contributed by atoms with Crippen molar-refractivity contribution in [3.05, 3.63) is 77.1 Å². The van der Waals surface area contributed by atoms with E-state index in [4.69, 9.17) is 32.7 Å². The largest absolute Gasteiger partial charge is 0.467 e. The number of aryl methyl sites for hydroxylation is 1. The van der Waals surface area contributed by atoms with Gasteiger partial charge >= 0.3 is 0 Å². The smallest absolute Gasteiger partial charge is 0.174 e. The lowest BCUT2D eigenvalue weighted by Crippen LogP contribution is -2.36. The molecule has 3 aromatic rings. The molecule has 130 valence electrons. The number of furan rings is 2. The Morgan fingerprint density at radius 2 is 1.96 bits per heavy atom. The summed E-state index contributed by atoms with van der Waals surface area (Å²) in [6.45, 7) is 4.55. The van der Waals surface area contributed by atoms with Crippen LogP contribution in [0.5, 0.6) is 0 Å². The average Bonchev–Trinajstić information content (AvgIpc) is 3.28. The highest BCUT2D eigenvalue weighted by Gasteiger charge is 2.22. The Morgan fingerprint density at radius 3 is 2.60 bits per heavy atom. The zero-order valence-corrected chi connectivity index (χ0v) is 15.6. The maximum atomic E-state index is 6.32. The maximum Gasteiger partial charge on any atom is 0.174 e. The SMILES string of the molecule is Cc1ccc(NC(=S)N(Cc2ccco2)[C@H](C)c2ccco2)c(Cl)c1. The molecule has 6 heteroatoms. The Kier molecular flexibility index (Phi) is 5.46. The molecule has 1 aromatic carbocycles. The number of nitrogens with zero attached hydrogens (tertiary/aromatic N) is 1. The van der Waals surface area contributed by atoms with Gasteiger partial charge in [0.25, 0.3) is 0 Å². The van der Waals surface area contributed by atoms with E-state index in [1.54, 1.807) is 12.5 Å². The monoisotopic (exact) mass is 374 g/mol. The second-order valence-corrected chi connectivity index (χ2v) is 6.61. The molecule has 1 N–H and O–H groups in total. The van der Waals surface area contributed by atoms with Crippen LogP contribution in [0.1, 0.15) is 30.0 Å². The topological polar surface area (TPSA) is 41.5 Å². The third-order valence-corrected chi connectivity index (χ3v) is 4.61. The fourth-order valence-electron chi connectivity index (χ4n) is 2.55. The number of halogens is 1. The van der Waals surface area contributed by atoms with Gasteiger partial charge in [0.2, 0.25) is 0 Å². The molecular formula is C19H19ClN2O2S. The van der Waals surface area contributed by atoms with E-state index in [-0.39, 0.29) is 6.04 Å². The molecule has 4 nitrogen and oxygen atoms in total. The van der Waals surface area contributed by atoms with Crippen molar-refractivity contribution < 1.29 is 8.83 Å². The summed E-state index contributed by atoms with van der Waals surface area (Å²) in [6.07, 6.45) is 3.31. The van der Waals surface area contributed by atoms with Crippen molar-refractivity contribution >= 4 is 34.6 Å². The fraction of sp³-hybridized carbons (Fsp3) is 0.211. The Balaban J connectivity index is 1.83. The van der Waals surface area contributed by atoms with Crippen molar-refractivity contribution in [2.45, 2.75) is 26.4 Å². The quantitative estimate of drug-likeness (QED) is 0.572. The molecule has 0 radical (unpaired) electrons. The number of thiocarbonyl (C=S) groups is 1. The van der Waals surface area contributed by atoms with Crippen LogP contribution in [-0.2, 0) is 6.54 Å². The molecule has 0 saturated carbocycles. The van der Waals surface area contributed by atoms with E-state index in [0.29, 0.717) is 16.7 Å². The first-order valence-electron chi connectivity index (χ1n) is 7.94. The molecule has 0 bridgehead atoms. The molecule has 0 saturated heterocycles. The lowest BCUT2D eigenvalue weighted by molar-refractivity contribution is 0.269. The van der Waals surface area contributed by atoms with Crippen LogP contribution in [-0.4, -0.2) is 10.0 Å². The van der Waals surface area contributed by atoms with Crippen LogP contribution < -0.4 is 5.32 Å². The molecule has 0 aliphatic heterocycles. The van der Waals surface area contributed by atoms with Crippen LogP contribution >= 0.6 is 23.8 Å². The average molecular weight is 375 g/mol. The van der Waals surface area contributed by atoms with Gasteiger partial charge in [0, 0.05) is 0 Å². The number of nitrogens with one attached hydrogen (secondary N) is 1. The molecule has 0 aliphatic carbocycles.